The van der Waals surface area contributed by atoms with Crippen LogP contribution < -0.4 is 5.32 Å². The fraction of sp³-hybridized carbons (Fsp3) is 0.857. The fourth-order valence-corrected chi connectivity index (χ4v) is 1.91. The van der Waals surface area contributed by atoms with Crippen LogP contribution in [0.4, 0.5) is 0 Å². The smallest absolute Gasteiger partial charge is 0.00258 e. The predicted octanol–water partition coefficient (Wildman–Crippen LogP) is 3.86. The third kappa shape index (κ3) is 7.61. The van der Waals surface area contributed by atoms with Crippen molar-refractivity contribution in [2.24, 2.45) is 17.8 Å². The Bertz CT molecular complexity index is 151. The second-order valence-corrected chi connectivity index (χ2v) is 5.00. The molecule has 0 aromatic carbocycles. The summed E-state index contributed by atoms with van der Waals surface area (Å²) >= 11 is 0. The van der Waals surface area contributed by atoms with Gasteiger partial charge in [0, 0.05) is 0 Å². The van der Waals surface area contributed by atoms with Crippen LogP contribution in [0.25, 0.3) is 0 Å². The zero-order valence-electron chi connectivity index (χ0n) is 11.1. The minimum absolute atomic E-state index is 0.667. The molecular weight excluding hydrogens is 182 g/mol. The Kier molecular flexibility index (Phi) is 8.79. The Morgan fingerprint density at radius 3 is 2.40 bits per heavy atom. The van der Waals surface area contributed by atoms with E-state index in [0.717, 1.165) is 18.4 Å². The molecule has 90 valence electrons. The van der Waals surface area contributed by atoms with E-state index < -0.39 is 0 Å². The monoisotopic (exact) mass is 211 g/mol. The van der Waals surface area contributed by atoms with E-state index in [2.05, 4.69) is 45.7 Å². The summed E-state index contributed by atoms with van der Waals surface area (Å²) in [7, 11) is 0. The highest BCUT2D eigenvalue weighted by Crippen LogP contribution is 2.21. The maximum atomic E-state index is 3.88. The zero-order valence-corrected chi connectivity index (χ0v) is 11.1. The second kappa shape index (κ2) is 8.96. The van der Waals surface area contributed by atoms with Crippen molar-refractivity contribution in [1.82, 2.24) is 5.32 Å². The number of allylic oxidation sites excluding steroid dienone is 1. The highest BCUT2D eigenvalue weighted by atomic mass is 14.8. The van der Waals surface area contributed by atoms with Crippen molar-refractivity contribution >= 4 is 0 Å². The Morgan fingerprint density at radius 1 is 1.27 bits per heavy atom. The Labute approximate surface area is 96.3 Å². The van der Waals surface area contributed by atoms with Gasteiger partial charge < -0.3 is 5.32 Å². The van der Waals surface area contributed by atoms with E-state index in [0.29, 0.717) is 5.92 Å². The van der Waals surface area contributed by atoms with Gasteiger partial charge in [0.2, 0.25) is 0 Å². The lowest BCUT2D eigenvalue weighted by molar-refractivity contribution is 0.365. The summed E-state index contributed by atoms with van der Waals surface area (Å²) < 4.78 is 0. The minimum atomic E-state index is 0.667. The molecule has 0 saturated heterocycles. The molecule has 0 radical (unpaired) electrons. The van der Waals surface area contributed by atoms with Gasteiger partial charge in [-0.15, -0.1) is 6.58 Å². The van der Waals surface area contributed by atoms with Crippen LogP contribution in [0.2, 0.25) is 0 Å². The summed E-state index contributed by atoms with van der Waals surface area (Å²) in [6.45, 7) is 15.3. The molecule has 0 aromatic heterocycles. The second-order valence-electron chi connectivity index (χ2n) is 5.00. The van der Waals surface area contributed by atoms with Gasteiger partial charge in [-0.25, -0.2) is 0 Å². The molecule has 2 atom stereocenters. The molecule has 1 N–H and O–H groups in total. The molecule has 0 amide bonds. The minimum Gasteiger partial charge on any atom is -0.316 e. The molecule has 0 heterocycles. The van der Waals surface area contributed by atoms with Crippen molar-refractivity contribution in [1.29, 1.82) is 0 Å². The summed E-state index contributed by atoms with van der Waals surface area (Å²) in [4.78, 5) is 0. The van der Waals surface area contributed by atoms with Crippen LogP contribution in [-0.2, 0) is 0 Å². The molecule has 0 fully saturated rings. The van der Waals surface area contributed by atoms with E-state index in [9.17, 15) is 0 Å². The first-order valence-corrected chi connectivity index (χ1v) is 6.45. The van der Waals surface area contributed by atoms with Gasteiger partial charge in [0.25, 0.3) is 0 Å². The van der Waals surface area contributed by atoms with Crippen molar-refractivity contribution in [2.45, 2.75) is 47.0 Å². The van der Waals surface area contributed by atoms with Crippen LogP contribution >= 0.6 is 0 Å². The maximum Gasteiger partial charge on any atom is -0.00258 e. The first-order chi connectivity index (χ1) is 7.11. The van der Waals surface area contributed by atoms with Gasteiger partial charge >= 0.3 is 0 Å². The number of nitrogens with one attached hydrogen (secondary N) is 1. The van der Waals surface area contributed by atoms with Gasteiger partial charge in [-0.1, -0.05) is 40.2 Å². The molecule has 0 aliphatic rings. The van der Waals surface area contributed by atoms with E-state index in [1.807, 2.05) is 0 Å². The predicted molar refractivity (Wildman–Crippen MR) is 70.1 cm³/mol. The fourth-order valence-electron chi connectivity index (χ4n) is 1.91. The third-order valence-electron chi connectivity index (χ3n) is 3.12. The first-order valence-electron chi connectivity index (χ1n) is 6.45. The van der Waals surface area contributed by atoms with Gasteiger partial charge in [-0.3, -0.25) is 0 Å². The molecule has 0 aromatic rings. The SMILES string of the molecule is C=CC(C)C(CC)CCCNCC(C)C. The lowest BCUT2D eigenvalue weighted by Crippen LogP contribution is -2.21. The van der Waals surface area contributed by atoms with E-state index in [1.165, 1.54) is 25.8 Å². The maximum absolute atomic E-state index is 3.88. The molecule has 0 spiro atoms. The van der Waals surface area contributed by atoms with Gasteiger partial charge in [0.1, 0.15) is 0 Å². The molecule has 0 rings (SSSR count). The highest BCUT2D eigenvalue weighted by Gasteiger charge is 2.11. The summed E-state index contributed by atoms with van der Waals surface area (Å²) in [6, 6.07) is 0. The Morgan fingerprint density at radius 2 is 1.93 bits per heavy atom. The molecule has 15 heavy (non-hydrogen) atoms. The quantitative estimate of drug-likeness (QED) is 0.451. The summed E-state index contributed by atoms with van der Waals surface area (Å²) in [6.07, 6.45) is 5.99. The molecule has 2 unspecified atom stereocenters. The number of rotatable bonds is 9. The summed E-state index contributed by atoms with van der Waals surface area (Å²) in [5.41, 5.74) is 0. The van der Waals surface area contributed by atoms with Crippen molar-refractivity contribution in [3.05, 3.63) is 12.7 Å². The Balaban J connectivity index is 3.50. The van der Waals surface area contributed by atoms with E-state index in [1.54, 1.807) is 0 Å². The van der Waals surface area contributed by atoms with E-state index in [4.69, 9.17) is 0 Å². The third-order valence-corrected chi connectivity index (χ3v) is 3.12. The molecule has 0 saturated carbocycles. The van der Waals surface area contributed by atoms with Crippen molar-refractivity contribution in [3.8, 4) is 0 Å². The molecule has 1 nitrogen and oxygen atoms in total. The van der Waals surface area contributed by atoms with Crippen LogP contribution in [0.1, 0.15) is 47.0 Å². The summed E-state index contributed by atoms with van der Waals surface area (Å²) in [5.74, 6) is 2.25. The van der Waals surface area contributed by atoms with Crippen molar-refractivity contribution in [2.75, 3.05) is 13.1 Å². The average molecular weight is 211 g/mol. The van der Waals surface area contributed by atoms with Gasteiger partial charge in [-0.05, 0) is 43.7 Å². The van der Waals surface area contributed by atoms with E-state index in [-0.39, 0.29) is 0 Å². The van der Waals surface area contributed by atoms with Gasteiger partial charge in [0.15, 0.2) is 0 Å². The summed E-state index contributed by atoms with van der Waals surface area (Å²) in [5, 5.41) is 3.50. The van der Waals surface area contributed by atoms with Crippen LogP contribution in [0.15, 0.2) is 12.7 Å². The lowest BCUT2D eigenvalue weighted by Gasteiger charge is -2.19. The van der Waals surface area contributed by atoms with Gasteiger partial charge in [-0.2, -0.15) is 0 Å². The lowest BCUT2D eigenvalue weighted by atomic mass is 9.88. The highest BCUT2D eigenvalue weighted by molar-refractivity contribution is 4.80. The van der Waals surface area contributed by atoms with Crippen LogP contribution in [0.5, 0.6) is 0 Å². The van der Waals surface area contributed by atoms with Crippen LogP contribution in [0, 0.1) is 17.8 Å². The standard InChI is InChI=1S/C14H29N/c1-6-13(5)14(7-2)9-8-10-15-11-12(3)4/h6,12-15H,1,7-11H2,2-5H3. The molecule has 0 bridgehead atoms. The van der Waals surface area contributed by atoms with Crippen LogP contribution in [0.3, 0.4) is 0 Å². The van der Waals surface area contributed by atoms with Crippen molar-refractivity contribution in [3.63, 3.8) is 0 Å². The van der Waals surface area contributed by atoms with E-state index >= 15 is 0 Å². The number of hydrogen-bond donors (Lipinski definition) is 1. The number of hydrogen-bond acceptors (Lipinski definition) is 1. The van der Waals surface area contributed by atoms with Gasteiger partial charge in [0.05, 0.1) is 0 Å². The molecule has 0 aliphatic heterocycles. The molecule has 1 heteroatoms. The van der Waals surface area contributed by atoms with Crippen LogP contribution in [-0.4, -0.2) is 13.1 Å². The Hall–Kier alpha value is -0.300. The van der Waals surface area contributed by atoms with Crippen molar-refractivity contribution < 1.29 is 0 Å². The largest absolute Gasteiger partial charge is 0.316 e. The average Bonchev–Trinajstić information content (AvgIpc) is 2.22. The topological polar surface area (TPSA) is 12.0 Å². The zero-order chi connectivity index (χ0) is 11.7. The molecular formula is C14H29N. The molecule has 0 aliphatic carbocycles. The normalized spacial score (nSPS) is 15.3. The first kappa shape index (κ1) is 14.7.